The Bertz CT molecular complexity index is 487. The van der Waals surface area contributed by atoms with Crippen LogP contribution in [0.1, 0.15) is 49.0 Å². The summed E-state index contributed by atoms with van der Waals surface area (Å²) in [7, 11) is 0. The third-order valence-corrected chi connectivity index (χ3v) is 3.64. The Balaban J connectivity index is 2.08. The molecule has 2 rings (SSSR count). The molecule has 2 aromatic rings. The first-order valence-electron chi connectivity index (χ1n) is 7.08. The molecule has 1 nitrogen and oxygen atoms in total. The summed E-state index contributed by atoms with van der Waals surface area (Å²) in [5, 5.41) is 3.72. The maximum atomic E-state index is 3.72. The second-order valence-electron chi connectivity index (χ2n) is 5.17. The maximum Gasteiger partial charge on any atom is 0.0323 e. The van der Waals surface area contributed by atoms with Crippen LogP contribution >= 0.6 is 0 Å². The highest BCUT2D eigenvalue weighted by atomic mass is 14.9. The third kappa shape index (κ3) is 3.68. The van der Waals surface area contributed by atoms with Gasteiger partial charge in [-0.25, -0.2) is 0 Å². The fourth-order valence-corrected chi connectivity index (χ4v) is 2.39. The van der Waals surface area contributed by atoms with Crippen molar-refractivity contribution >= 4 is 0 Å². The highest BCUT2D eigenvalue weighted by Crippen LogP contribution is 2.22. The van der Waals surface area contributed by atoms with E-state index in [-0.39, 0.29) is 0 Å². The van der Waals surface area contributed by atoms with E-state index >= 15 is 0 Å². The van der Waals surface area contributed by atoms with E-state index in [2.05, 4.69) is 80.7 Å². The smallest absolute Gasteiger partial charge is 0.0323 e. The standard InChI is InChI=1S/C18H23N/c1-4-18(17-8-6-5-7-9-17)19-15(3)16-12-10-14(2)11-13-16/h5-13,15,18-19H,4H2,1-3H3/t15-,18?/m1/s1. The van der Waals surface area contributed by atoms with Gasteiger partial charge >= 0.3 is 0 Å². The van der Waals surface area contributed by atoms with Gasteiger partial charge in [0.1, 0.15) is 0 Å². The first-order valence-corrected chi connectivity index (χ1v) is 7.08. The average Bonchev–Trinajstić information content (AvgIpc) is 2.46. The van der Waals surface area contributed by atoms with Gasteiger partial charge in [0, 0.05) is 12.1 Å². The van der Waals surface area contributed by atoms with E-state index in [0.29, 0.717) is 12.1 Å². The van der Waals surface area contributed by atoms with E-state index in [4.69, 9.17) is 0 Å². The molecule has 0 amide bonds. The highest BCUT2D eigenvalue weighted by molar-refractivity contribution is 5.25. The van der Waals surface area contributed by atoms with E-state index in [0.717, 1.165) is 6.42 Å². The lowest BCUT2D eigenvalue weighted by molar-refractivity contribution is 0.456. The molecule has 1 N–H and O–H groups in total. The van der Waals surface area contributed by atoms with Gasteiger partial charge in [-0.2, -0.15) is 0 Å². The van der Waals surface area contributed by atoms with Gasteiger partial charge in [0.2, 0.25) is 0 Å². The summed E-state index contributed by atoms with van der Waals surface area (Å²) in [5.41, 5.74) is 4.02. The molecule has 2 atom stereocenters. The molecule has 2 aromatic carbocycles. The Kier molecular flexibility index (Phi) is 4.75. The molecule has 0 aliphatic rings. The quantitative estimate of drug-likeness (QED) is 0.807. The van der Waals surface area contributed by atoms with Crippen molar-refractivity contribution in [2.75, 3.05) is 0 Å². The number of rotatable bonds is 5. The van der Waals surface area contributed by atoms with Crippen molar-refractivity contribution in [2.24, 2.45) is 0 Å². The zero-order chi connectivity index (χ0) is 13.7. The van der Waals surface area contributed by atoms with Crippen molar-refractivity contribution in [1.29, 1.82) is 0 Å². The van der Waals surface area contributed by atoms with Crippen LogP contribution in [0.15, 0.2) is 54.6 Å². The van der Waals surface area contributed by atoms with Gasteiger partial charge in [0.15, 0.2) is 0 Å². The Morgan fingerprint density at radius 1 is 0.895 bits per heavy atom. The zero-order valence-corrected chi connectivity index (χ0v) is 12.1. The fraction of sp³-hybridized carbons (Fsp3) is 0.333. The van der Waals surface area contributed by atoms with E-state index in [9.17, 15) is 0 Å². The van der Waals surface area contributed by atoms with Crippen LogP contribution in [0.4, 0.5) is 0 Å². The summed E-state index contributed by atoms with van der Waals surface area (Å²) < 4.78 is 0. The van der Waals surface area contributed by atoms with Gasteiger partial charge in [0.05, 0.1) is 0 Å². The van der Waals surface area contributed by atoms with Gasteiger partial charge in [0.25, 0.3) is 0 Å². The molecule has 0 aliphatic heterocycles. The van der Waals surface area contributed by atoms with Gasteiger partial charge in [-0.1, -0.05) is 67.1 Å². The summed E-state index contributed by atoms with van der Waals surface area (Å²) in [5.74, 6) is 0. The molecule has 0 heterocycles. The van der Waals surface area contributed by atoms with Crippen molar-refractivity contribution in [3.63, 3.8) is 0 Å². The molecule has 0 spiro atoms. The lowest BCUT2D eigenvalue weighted by atomic mass is 10.0. The van der Waals surface area contributed by atoms with Crippen LogP contribution in [0.3, 0.4) is 0 Å². The SMILES string of the molecule is CCC(N[C@H](C)c1ccc(C)cc1)c1ccccc1. The molecule has 0 bridgehead atoms. The first kappa shape index (κ1) is 13.8. The minimum Gasteiger partial charge on any atom is -0.303 e. The minimum absolute atomic E-state index is 0.366. The summed E-state index contributed by atoms with van der Waals surface area (Å²) in [6.07, 6.45) is 1.10. The van der Waals surface area contributed by atoms with Crippen molar-refractivity contribution in [3.05, 3.63) is 71.3 Å². The van der Waals surface area contributed by atoms with Crippen LogP contribution in [-0.2, 0) is 0 Å². The maximum absolute atomic E-state index is 3.72. The summed E-state index contributed by atoms with van der Waals surface area (Å²) in [6.45, 7) is 6.59. The van der Waals surface area contributed by atoms with Crippen LogP contribution in [-0.4, -0.2) is 0 Å². The van der Waals surface area contributed by atoms with Gasteiger partial charge < -0.3 is 5.32 Å². The largest absolute Gasteiger partial charge is 0.303 e. The third-order valence-electron chi connectivity index (χ3n) is 3.64. The molecule has 0 fully saturated rings. The number of aryl methyl sites for hydroxylation is 1. The van der Waals surface area contributed by atoms with E-state index < -0.39 is 0 Å². The highest BCUT2D eigenvalue weighted by Gasteiger charge is 2.13. The van der Waals surface area contributed by atoms with E-state index in [1.807, 2.05) is 0 Å². The van der Waals surface area contributed by atoms with Crippen LogP contribution in [0.25, 0.3) is 0 Å². The van der Waals surface area contributed by atoms with Crippen molar-refractivity contribution in [3.8, 4) is 0 Å². The molecule has 100 valence electrons. The Morgan fingerprint density at radius 3 is 2.11 bits per heavy atom. The predicted molar refractivity (Wildman–Crippen MR) is 82.2 cm³/mol. The second-order valence-corrected chi connectivity index (χ2v) is 5.17. The van der Waals surface area contributed by atoms with Crippen molar-refractivity contribution in [1.82, 2.24) is 5.32 Å². The molecule has 0 aliphatic carbocycles. The number of benzene rings is 2. The average molecular weight is 253 g/mol. The van der Waals surface area contributed by atoms with Gasteiger partial charge in [-0.15, -0.1) is 0 Å². The zero-order valence-electron chi connectivity index (χ0n) is 12.1. The number of hydrogen-bond donors (Lipinski definition) is 1. The van der Waals surface area contributed by atoms with E-state index in [1.165, 1.54) is 16.7 Å². The lowest BCUT2D eigenvalue weighted by Gasteiger charge is -2.23. The molecule has 0 aromatic heterocycles. The normalized spacial score (nSPS) is 14.1. The molecule has 1 heteroatoms. The van der Waals surface area contributed by atoms with Crippen molar-refractivity contribution in [2.45, 2.75) is 39.3 Å². The predicted octanol–water partition coefficient (Wildman–Crippen LogP) is 4.80. The molecule has 19 heavy (non-hydrogen) atoms. The van der Waals surface area contributed by atoms with Gasteiger partial charge in [-0.05, 0) is 31.4 Å². The number of nitrogens with one attached hydrogen (secondary N) is 1. The molecule has 0 saturated heterocycles. The Hall–Kier alpha value is -1.60. The van der Waals surface area contributed by atoms with E-state index in [1.54, 1.807) is 0 Å². The molecule has 0 radical (unpaired) electrons. The summed E-state index contributed by atoms with van der Waals surface area (Å²) in [6, 6.07) is 20.2. The topological polar surface area (TPSA) is 12.0 Å². The lowest BCUT2D eigenvalue weighted by Crippen LogP contribution is -2.24. The van der Waals surface area contributed by atoms with Crippen molar-refractivity contribution < 1.29 is 0 Å². The Morgan fingerprint density at radius 2 is 1.53 bits per heavy atom. The monoisotopic (exact) mass is 253 g/mol. The first-order chi connectivity index (χ1) is 9.20. The van der Waals surface area contributed by atoms with Crippen LogP contribution in [0.2, 0.25) is 0 Å². The van der Waals surface area contributed by atoms with Crippen LogP contribution < -0.4 is 5.32 Å². The van der Waals surface area contributed by atoms with Crippen LogP contribution in [0.5, 0.6) is 0 Å². The Labute approximate surface area is 116 Å². The number of hydrogen-bond acceptors (Lipinski definition) is 1. The molecule has 0 saturated carbocycles. The van der Waals surface area contributed by atoms with Gasteiger partial charge in [-0.3, -0.25) is 0 Å². The second kappa shape index (κ2) is 6.53. The molecular formula is C18H23N. The van der Waals surface area contributed by atoms with Crippen LogP contribution in [0, 0.1) is 6.92 Å². The fourth-order valence-electron chi connectivity index (χ4n) is 2.39. The summed E-state index contributed by atoms with van der Waals surface area (Å²) >= 11 is 0. The molecular weight excluding hydrogens is 230 g/mol. The summed E-state index contributed by atoms with van der Waals surface area (Å²) in [4.78, 5) is 0. The molecule has 1 unspecified atom stereocenters. The minimum atomic E-state index is 0.366.